The standard InChI is InChI=1S/C26H25F2N3O4S2/c1-17-25(23(35-29-17)9-7-18-6-8-20(27)16-21(18)28)37(33,34)30-12-10-19(11-13-30)26(32)31-14-15-36-24-5-3-2-4-22(24)31/h2-9,16,19H,10-15H2,1H3/b9-7+. The maximum absolute atomic E-state index is 14.0. The van der Waals surface area contributed by atoms with Gasteiger partial charge < -0.3 is 9.42 Å². The number of para-hydroxylation sites is 1. The molecule has 1 amide bonds. The van der Waals surface area contributed by atoms with Crippen LogP contribution in [-0.2, 0) is 14.8 Å². The number of aromatic nitrogens is 1. The number of fused-ring (bicyclic) bond motifs is 1. The molecule has 2 aliphatic heterocycles. The zero-order chi connectivity index (χ0) is 26.2. The summed E-state index contributed by atoms with van der Waals surface area (Å²) in [6.07, 6.45) is 3.43. The lowest BCUT2D eigenvalue weighted by molar-refractivity contribution is -0.123. The Kier molecular flexibility index (Phi) is 7.19. The number of halogens is 2. The molecule has 2 aliphatic rings. The lowest BCUT2D eigenvalue weighted by Crippen LogP contribution is -2.45. The summed E-state index contributed by atoms with van der Waals surface area (Å²) in [5, 5.41) is 3.80. The van der Waals surface area contributed by atoms with Crippen LogP contribution in [0, 0.1) is 24.5 Å². The number of thioether (sulfide) groups is 1. The first kappa shape index (κ1) is 25.6. The molecule has 1 saturated heterocycles. The zero-order valence-electron chi connectivity index (χ0n) is 20.1. The van der Waals surface area contributed by atoms with Gasteiger partial charge in [-0.1, -0.05) is 17.3 Å². The van der Waals surface area contributed by atoms with Gasteiger partial charge in [0.25, 0.3) is 0 Å². The first-order chi connectivity index (χ1) is 17.8. The molecule has 0 unspecified atom stereocenters. The van der Waals surface area contributed by atoms with E-state index in [1.165, 1.54) is 29.4 Å². The first-order valence-electron chi connectivity index (χ1n) is 11.9. The van der Waals surface area contributed by atoms with Crippen LogP contribution in [0.2, 0.25) is 0 Å². The monoisotopic (exact) mass is 545 g/mol. The predicted octanol–water partition coefficient (Wildman–Crippen LogP) is 4.97. The Hall–Kier alpha value is -3.02. The summed E-state index contributed by atoms with van der Waals surface area (Å²) < 4.78 is 60.8. The number of hydrogen-bond acceptors (Lipinski definition) is 6. The molecule has 37 heavy (non-hydrogen) atoms. The number of aryl methyl sites for hydroxylation is 1. The summed E-state index contributed by atoms with van der Waals surface area (Å²) in [6.45, 7) is 2.52. The quantitative estimate of drug-likeness (QED) is 0.450. The number of piperidine rings is 1. The molecule has 1 aromatic heterocycles. The second-order valence-corrected chi connectivity index (χ2v) is 12.0. The van der Waals surface area contributed by atoms with Gasteiger partial charge >= 0.3 is 0 Å². The van der Waals surface area contributed by atoms with E-state index in [1.54, 1.807) is 11.8 Å². The molecule has 1 fully saturated rings. The molecule has 7 nitrogen and oxygen atoms in total. The van der Waals surface area contributed by atoms with E-state index in [2.05, 4.69) is 5.16 Å². The lowest BCUT2D eigenvalue weighted by atomic mass is 9.96. The van der Waals surface area contributed by atoms with E-state index in [-0.39, 0.29) is 46.8 Å². The highest BCUT2D eigenvalue weighted by Crippen LogP contribution is 2.36. The van der Waals surface area contributed by atoms with Gasteiger partial charge in [0, 0.05) is 47.8 Å². The third-order valence-corrected chi connectivity index (χ3v) is 9.71. The van der Waals surface area contributed by atoms with E-state index in [0.717, 1.165) is 28.5 Å². The third-order valence-electron chi connectivity index (χ3n) is 6.61. The molecule has 3 heterocycles. The summed E-state index contributed by atoms with van der Waals surface area (Å²) in [7, 11) is -3.98. The molecule has 0 aliphatic carbocycles. The maximum Gasteiger partial charge on any atom is 0.248 e. The van der Waals surface area contributed by atoms with Crippen molar-refractivity contribution in [2.45, 2.75) is 29.6 Å². The summed E-state index contributed by atoms with van der Waals surface area (Å²) >= 11 is 1.73. The van der Waals surface area contributed by atoms with Gasteiger partial charge in [-0.15, -0.1) is 11.8 Å². The smallest absolute Gasteiger partial charge is 0.248 e. The minimum Gasteiger partial charge on any atom is -0.355 e. The van der Waals surface area contributed by atoms with E-state index >= 15 is 0 Å². The largest absolute Gasteiger partial charge is 0.355 e. The number of amides is 1. The fraction of sp³-hybridized carbons (Fsp3) is 0.308. The van der Waals surface area contributed by atoms with Gasteiger partial charge in [0.1, 0.15) is 17.3 Å². The van der Waals surface area contributed by atoms with E-state index in [4.69, 9.17) is 4.52 Å². The second-order valence-electron chi connectivity index (χ2n) is 8.94. The summed E-state index contributed by atoms with van der Waals surface area (Å²) in [5.74, 6) is -0.956. The highest BCUT2D eigenvalue weighted by atomic mass is 32.2. The Morgan fingerprint density at radius 2 is 1.86 bits per heavy atom. The average Bonchev–Trinajstić information content (AvgIpc) is 3.28. The van der Waals surface area contributed by atoms with Crippen molar-refractivity contribution in [3.05, 3.63) is 71.1 Å². The SMILES string of the molecule is Cc1noc(/C=C/c2ccc(F)cc2F)c1S(=O)(=O)N1CCC(C(=O)N2CCSc3ccccc32)CC1. The van der Waals surface area contributed by atoms with Gasteiger partial charge in [-0.3, -0.25) is 4.79 Å². The molecule has 0 radical (unpaired) electrons. The minimum atomic E-state index is -3.98. The molecule has 3 aromatic rings. The highest BCUT2D eigenvalue weighted by Gasteiger charge is 2.37. The number of rotatable bonds is 5. The molecule has 2 aromatic carbocycles. The summed E-state index contributed by atoms with van der Waals surface area (Å²) in [5.41, 5.74) is 1.17. The number of hydrogen-bond donors (Lipinski definition) is 0. The molecule has 0 saturated carbocycles. The van der Waals surface area contributed by atoms with Crippen molar-refractivity contribution >= 4 is 45.5 Å². The molecule has 11 heteroatoms. The van der Waals surface area contributed by atoms with Crippen molar-refractivity contribution in [3.8, 4) is 0 Å². The number of nitrogens with zero attached hydrogens (tertiary/aromatic N) is 3. The van der Waals surface area contributed by atoms with E-state index < -0.39 is 21.7 Å². The van der Waals surface area contributed by atoms with Crippen LogP contribution >= 0.6 is 11.8 Å². The number of benzene rings is 2. The van der Waals surface area contributed by atoms with Crippen molar-refractivity contribution in [3.63, 3.8) is 0 Å². The van der Waals surface area contributed by atoms with Crippen LogP contribution in [0.1, 0.15) is 29.9 Å². The van der Waals surface area contributed by atoms with Crippen molar-refractivity contribution in [2.24, 2.45) is 5.92 Å². The van der Waals surface area contributed by atoms with E-state index in [1.807, 2.05) is 29.2 Å². The van der Waals surface area contributed by atoms with Gasteiger partial charge in [0.05, 0.1) is 5.69 Å². The number of carbonyl (C=O) groups excluding carboxylic acids is 1. The molecule has 5 rings (SSSR count). The van der Waals surface area contributed by atoms with Gasteiger partial charge in [-0.05, 0) is 56.2 Å². The van der Waals surface area contributed by atoms with Gasteiger partial charge in [-0.2, -0.15) is 4.31 Å². The number of carbonyl (C=O) groups is 1. The van der Waals surface area contributed by atoms with Gasteiger partial charge in [-0.25, -0.2) is 17.2 Å². The van der Waals surface area contributed by atoms with Crippen LogP contribution in [0.25, 0.3) is 12.2 Å². The molecule has 194 valence electrons. The normalized spacial score (nSPS) is 17.3. The van der Waals surface area contributed by atoms with Crippen molar-refractivity contribution in [1.82, 2.24) is 9.46 Å². The van der Waals surface area contributed by atoms with Gasteiger partial charge in [0.2, 0.25) is 15.9 Å². The molecule has 0 bridgehead atoms. The Bertz CT molecular complexity index is 1460. The van der Waals surface area contributed by atoms with E-state index in [0.29, 0.717) is 19.4 Å². The second kappa shape index (κ2) is 10.4. The van der Waals surface area contributed by atoms with Crippen molar-refractivity contribution in [2.75, 3.05) is 30.3 Å². The van der Waals surface area contributed by atoms with Crippen LogP contribution in [-0.4, -0.2) is 49.2 Å². The maximum atomic E-state index is 14.0. The predicted molar refractivity (Wildman–Crippen MR) is 138 cm³/mol. The van der Waals surface area contributed by atoms with Crippen LogP contribution in [0.15, 0.2) is 56.8 Å². The number of anilines is 1. The molecular formula is C26H25F2N3O4S2. The van der Waals surface area contributed by atoms with Crippen LogP contribution in [0.4, 0.5) is 14.5 Å². The molecule has 0 atom stereocenters. The average molecular weight is 546 g/mol. The Morgan fingerprint density at radius 1 is 1.11 bits per heavy atom. The Labute approximate surface area is 218 Å². The van der Waals surface area contributed by atoms with Crippen molar-refractivity contribution in [1.29, 1.82) is 0 Å². The lowest BCUT2D eigenvalue weighted by Gasteiger charge is -2.35. The Morgan fingerprint density at radius 3 is 2.62 bits per heavy atom. The Balaban J connectivity index is 1.31. The molecule has 0 spiro atoms. The van der Waals surface area contributed by atoms with Crippen LogP contribution < -0.4 is 4.90 Å². The number of sulfonamides is 1. The molecular weight excluding hydrogens is 520 g/mol. The first-order valence-corrected chi connectivity index (χ1v) is 14.3. The van der Waals surface area contributed by atoms with Crippen molar-refractivity contribution < 1.29 is 26.5 Å². The third kappa shape index (κ3) is 5.07. The van der Waals surface area contributed by atoms with Crippen LogP contribution in [0.5, 0.6) is 0 Å². The molecule has 0 N–H and O–H groups in total. The summed E-state index contributed by atoms with van der Waals surface area (Å²) in [6, 6.07) is 10.9. The van der Waals surface area contributed by atoms with E-state index in [9.17, 15) is 22.0 Å². The van der Waals surface area contributed by atoms with Crippen LogP contribution in [0.3, 0.4) is 0 Å². The highest BCUT2D eigenvalue weighted by molar-refractivity contribution is 7.99. The van der Waals surface area contributed by atoms with Gasteiger partial charge in [0.15, 0.2) is 10.7 Å². The topological polar surface area (TPSA) is 83.7 Å². The fourth-order valence-electron chi connectivity index (χ4n) is 4.69. The summed E-state index contributed by atoms with van der Waals surface area (Å²) in [4.78, 5) is 16.1. The zero-order valence-corrected chi connectivity index (χ0v) is 21.7. The minimum absolute atomic E-state index is 0.0240. The fourth-order valence-corrected chi connectivity index (χ4v) is 7.41.